The largest absolute Gasteiger partial charge is 0.481 e. The molecule has 1 aliphatic rings. The molecule has 0 bridgehead atoms. The second-order valence-electron chi connectivity index (χ2n) is 12.4. The summed E-state index contributed by atoms with van der Waals surface area (Å²) in [7, 11) is -16.4. The normalized spacial score (nSPS) is 21.6. The van der Waals surface area contributed by atoms with Crippen LogP contribution in [0.4, 0.5) is 5.82 Å². The molecule has 7 atom stereocenters. The topological polar surface area (TPSA) is 407 Å². The Labute approximate surface area is 320 Å². The van der Waals surface area contributed by atoms with Crippen molar-refractivity contribution in [2.24, 2.45) is 5.41 Å². The van der Waals surface area contributed by atoms with Crippen LogP contribution in [0, 0.1) is 15.5 Å². The summed E-state index contributed by atoms with van der Waals surface area (Å²) in [5, 5.41) is 36.2. The van der Waals surface area contributed by atoms with E-state index in [0.29, 0.717) is 0 Å². The van der Waals surface area contributed by atoms with Gasteiger partial charge in [0.15, 0.2) is 22.8 Å². The number of nitrogens with one attached hydrogen (secondary N) is 2. The van der Waals surface area contributed by atoms with Gasteiger partial charge in [-0.25, -0.2) is 28.6 Å². The summed E-state index contributed by atoms with van der Waals surface area (Å²) in [6.45, 7) is -0.0952. The van der Waals surface area contributed by atoms with Gasteiger partial charge in [-0.3, -0.25) is 42.6 Å². The zero-order valence-corrected chi connectivity index (χ0v) is 33.0. The molecule has 1 saturated heterocycles. The number of hydrogen-bond donors (Lipinski definition) is 9. The Kier molecular flexibility index (Phi) is 17.0. The Morgan fingerprint density at radius 2 is 1.77 bits per heavy atom. The smallest absolute Gasteiger partial charge is 0.386 e. The van der Waals surface area contributed by atoms with Crippen molar-refractivity contribution in [2.75, 3.05) is 44.3 Å². The maximum Gasteiger partial charge on any atom is 0.481 e. The number of phosphoric acid groups is 3. The molecular formula is C25H41N8O19P3S. The number of anilines is 1. The molecule has 1 fully saturated rings. The third-order valence-electron chi connectivity index (χ3n) is 7.49. The van der Waals surface area contributed by atoms with Crippen LogP contribution in [0.3, 0.4) is 0 Å². The molecule has 2 aromatic heterocycles. The molecule has 27 nitrogen and oxygen atoms in total. The van der Waals surface area contributed by atoms with Crippen LogP contribution in [0.5, 0.6) is 0 Å². The average molecular weight is 883 g/mol. The summed E-state index contributed by atoms with van der Waals surface area (Å²) in [6, 6.07) is 0. The molecule has 0 radical (unpaired) electrons. The van der Waals surface area contributed by atoms with E-state index in [0.717, 1.165) is 29.0 Å². The molecule has 316 valence electrons. The van der Waals surface area contributed by atoms with Gasteiger partial charge in [0.05, 0.1) is 19.5 Å². The summed E-state index contributed by atoms with van der Waals surface area (Å²) in [6.07, 6.45) is -6.97. The SMILES string of the molecule is CC(C)(COP(=O)(O)OP(=O)(O)OCC1OC(n2cnc3c(N)ncnc32)C(O)C1OP(=O)(O)O)C(O)C(=O)NCCC(=O)NCCSC(=O)CCC[N+](=O)[O-]. The van der Waals surface area contributed by atoms with E-state index in [9.17, 15) is 68.0 Å². The fraction of sp³-hybridized carbons (Fsp3) is 0.680. The van der Waals surface area contributed by atoms with Crippen molar-refractivity contribution in [3.05, 3.63) is 22.8 Å². The second-order valence-corrected chi connectivity index (χ2v) is 17.8. The Balaban J connectivity index is 1.47. The first kappa shape index (κ1) is 47.3. The molecule has 0 spiro atoms. The highest BCUT2D eigenvalue weighted by molar-refractivity contribution is 8.13. The number of nitrogens with two attached hydrogens (primary N) is 1. The van der Waals surface area contributed by atoms with E-state index >= 15 is 0 Å². The zero-order chi connectivity index (χ0) is 42.1. The Morgan fingerprint density at radius 3 is 2.43 bits per heavy atom. The highest BCUT2D eigenvalue weighted by Gasteiger charge is 2.50. The molecule has 0 aromatic carbocycles. The van der Waals surface area contributed by atoms with E-state index in [1.165, 1.54) is 13.8 Å². The molecule has 56 heavy (non-hydrogen) atoms. The number of aliphatic hydroxyl groups excluding tert-OH is 2. The van der Waals surface area contributed by atoms with Crippen LogP contribution in [0.25, 0.3) is 11.2 Å². The van der Waals surface area contributed by atoms with Gasteiger partial charge in [-0.1, -0.05) is 25.6 Å². The van der Waals surface area contributed by atoms with Crippen LogP contribution in [0.1, 0.15) is 39.3 Å². The number of fused-ring (bicyclic) bond motifs is 1. The van der Waals surface area contributed by atoms with Crippen LogP contribution >= 0.6 is 35.2 Å². The van der Waals surface area contributed by atoms with E-state index in [2.05, 4.69) is 34.4 Å². The third-order valence-corrected chi connectivity index (χ3v) is 11.5. The molecule has 31 heteroatoms. The van der Waals surface area contributed by atoms with Crippen molar-refractivity contribution in [1.29, 1.82) is 0 Å². The number of ether oxygens (including phenoxy) is 1. The van der Waals surface area contributed by atoms with Gasteiger partial charge in [-0.2, -0.15) is 4.31 Å². The maximum atomic E-state index is 12.7. The molecule has 7 unspecified atom stereocenters. The number of aliphatic hydroxyl groups is 2. The van der Waals surface area contributed by atoms with Crippen LogP contribution in [-0.2, 0) is 50.7 Å². The van der Waals surface area contributed by atoms with E-state index in [1.807, 2.05) is 0 Å². The number of aromatic nitrogens is 4. The highest BCUT2D eigenvalue weighted by Crippen LogP contribution is 2.61. The lowest BCUT2D eigenvalue weighted by atomic mass is 9.87. The number of thioether (sulfide) groups is 1. The summed E-state index contributed by atoms with van der Waals surface area (Å²) in [5.41, 5.74) is 4.20. The van der Waals surface area contributed by atoms with Crippen LogP contribution in [-0.4, -0.2) is 134 Å². The van der Waals surface area contributed by atoms with E-state index in [-0.39, 0.29) is 66.7 Å². The number of rotatable bonds is 23. The minimum Gasteiger partial charge on any atom is -0.386 e. The van der Waals surface area contributed by atoms with Gasteiger partial charge in [-0.05, 0) is 0 Å². The predicted molar refractivity (Wildman–Crippen MR) is 188 cm³/mol. The van der Waals surface area contributed by atoms with Crippen molar-refractivity contribution < 1.29 is 85.4 Å². The van der Waals surface area contributed by atoms with Crippen molar-refractivity contribution >= 4 is 69.1 Å². The molecular weight excluding hydrogens is 841 g/mol. The fourth-order valence-corrected chi connectivity index (χ4v) is 8.27. The molecule has 0 saturated carbocycles. The third kappa shape index (κ3) is 14.7. The quantitative estimate of drug-likeness (QED) is 0.0272. The molecule has 10 N–H and O–H groups in total. The van der Waals surface area contributed by atoms with Crippen LogP contribution in [0.2, 0.25) is 0 Å². The minimum absolute atomic E-state index is 0.0154. The zero-order valence-electron chi connectivity index (χ0n) is 29.5. The first-order valence-electron chi connectivity index (χ1n) is 16.1. The lowest BCUT2D eigenvalue weighted by Crippen LogP contribution is -2.46. The number of nitrogens with zero attached hydrogens (tertiary/aromatic N) is 5. The first-order valence-corrected chi connectivity index (χ1v) is 21.6. The molecule has 3 heterocycles. The number of amides is 2. The van der Waals surface area contributed by atoms with Gasteiger partial charge in [0.2, 0.25) is 18.4 Å². The molecule has 2 amide bonds. The number of imidazole rings is 1. The number of hydrogen-bond acceptors (Lipinski definition) is 20. The van der Waals surface area contributed by atoms with E-state index in [1.54, 1.807) is 0 Å². The van der Waals surface area contributed by atoms with Crippen molar-refractivity contribution in [3.8, 4) is 0 Å². The lowest BCUT2D eigenvalue weighted by Gasteiger charge is -2.30. The summed E-state index contributed by atoms with van der Waals surface area (Å²) < 4.78 is 61.9. The monoisotopic (exact) mass is 882 g/mol. The summed E-state index contributed by atoms with van der Waals surface area (Å²) in [4.78, 5) is 96.8. The molecule has 1 aliphatic heterocycles. The summed E-state index contributed by atoms with van der Waals surface area (Å²) >= 11 is 0.899. The van der Waals surface area contributed by atoms with E-state index in [4.69, 9.17) is 19.5 Å². The molecule has 3 rings (SSSR count). The minimum atomic E-state index is -5.59. The van der Waals surface area contributed by atoms with Gasteiger partial charge >= 0.3 is 23.5 Å². The molecule has 2 aromatic rings. The maximum absolute atomic E-state index is 12.7. The number of carbonyl (C=O) groups is 3. The van der Waals surface area contributed by atoms with Crippen LogP contribution < -0.4 is 16.4 Å². The van der Waals surface area contributed by atoms with Gasteiger partial charge < -0.3 is 50.9 Å². The number of carbonyl (C=O) groups excluding carboxylic acids is 3. The Bertz CT molecular complexity index is 1870. The van der Waals surface area contributed by atoms with Gasteiger partial charge in [-0.15, -0.1) is 0 Å². The Morgan fingerprint density at radius 1 is 1.09 bits per heavy atom. The van der Waals surface area contributed by atoms with Gasteiger partial charge in [0, 0.05) is 48.4 Å². The highest BCUT2D eigenvalue weighted by atomic mass is 32.2. The van der Waals surface area contributed by atoms with Crippen molar-refractivity contribution in [3.63, 3.8) is 0 Å². The second kappa shape index (κ2) is 20.1. The standard InChI is InChI=1S/C25H41N8O19P3S/c1-25(2,20(37)23(38)28-6-5-15(34)27-7-9-56-16(35)4-3-8-33(39)40)11-49-55(46,47)52-54(44,45)48-10-14-19(51-53(41,42)43)18(36)24(50-14)32-13-31-17-21(26)29-12-30-22(17)32/h12-14,18-20,24,36-37H,3-11H2,1-2H3,(H,27,34)(H,28,38)(H,44,45)(H,46,47)(H2,26,29,30)(H2,41,42,43). The fourth-order valence-electron chi connectivity index (χ4n) is 4.72. The summed E-state index contributed by atoms with van der Waals surface area (Å²) in [5.74, 6) is -1.37. The average Bonchev–Trinajstić information content (AvgIpc) is 3.64. The van der Waals surface area contributed by atoms with Gasteiger partial charge in [0.25, 0.3) is 0 Å². The lowest BCUT2D eigenvalue weighted by molar-refractivity contribution is -0.480. The van der Waals surface area contributed by atoms with Crippen molar-refractivity contribution in [1.82, 2.24) is 30.2 Å². The Hall–Kier alpha value is -3.04. The first-order chi connectivity index (χ1) is 25.9. The van der Waals surface area contributed by atoms with Gasteiger partial charge in [0.1, 0.15) is 36.3 Å². The van der Waals surface area contributed by atoms with Crippen molar-refractivity contribution in [2.45, 2.75) is 63.8 Å². The van der Waals surface area contributed by atoms with E-state index < -0.39 is 89.5 Å². The van der Waals surface area contributed by atoms with Crippen LogP contribution in [0.15, 0.2) is 12.7 Å². The molecule has 0 aliphatic carbocycles. The number of phosphoric ester groups is 3. The number of nitro groups is 1. The predicted octanol–water partition coefficient (Wildman–Crippen LogP) is -1.28. The number of nitrogen functional groups attached to an aromatic ring is 1.